The van der Waals surface area contributed by atoms with Crippen molar-refractivity contribution in [3.8, 4) is 5.75 Å². The molecule has 43 heavy (non-hydrogen) atoms. The van der Waals surface area contributed by atoms with Crippen LogP contribution in [0.4, 0.5) is 10.1 Å². The molecule has 5 aromatic rings. The van der Waals surface area contributed by atoms with Gasteiger partial charge in [0.15, 0.2) is 11.0 Å². The second kappa shape index (κ2) is 9.94. The van der Waals surface area contributed by atoms with Crippen LogP contribution in [0.2, 0.25) is 0 Å². The Morgan fingerprint density at radius 2 is 1.65 bits per heavy atom. The number of carbonyl (C=O) groups excluding carboxylic acids is 2. The van der Waals surface area contributed by atoms with E-state index in [-0.39, 0.29) is 30.0 Å². The molecule has 0 saturated carbocycles. The van der Waals surface area contributed by atoms with Crippen molar-refractivity contribution < 1.29 is 23.1 Å². The predicted octanol–water partition coefficient (Wildman–Crippen LogP) is 5.74. The minimum Gasteiger partial charge on any atom is -0.497 e. The normalized spacial score (nSPS) is 17.2. The lowest BCUT2D eigenvalue weighted by atomic mass is 9.83. The Hall–Kier alpha value is -5.24. The molecule has 0 saturated heterocycles. The third-order valence-corrected chi connectivity index (χ3v) is 8.46. The van der Waals surface area contributed by atoms with E-state index in [9.17, 15) is 18.8 Å². The van der Waals surface area contributed by atoms with E-state index in [4.69, 9.17) is 9.15 Å². The van der Waals surface area contributed by atoms with Crippen LogP contribution >= 0.6 is 0 Å². The number of aryl methyl sites for hydroxylation is 1. The van der Waals surface area contributed by atoms with Crippen LogP contribution in [0.3, 0.4) is 0 Å². The molecule has 2 aliphatic rings. The number of benzene rings is 4. The molecule has 7 nitrogen and oxygen atoms in total. The SMILES string of the molecule is COc1ccc(CCN2C(=O)c3oc4ccc(C)cc4c(=O)c3[C@]23C(=O)N(Cc2ccccc2F)c2ccccc23)cc1. The first-order valence-electron chi connectivity index (χ1n) is 14.0. The summed E-state index contributed by atoms with van der Waals surface area (Å²) in [5.74, 6) is -0.941. The number of halogens is 1. The van der Waals surface area contributed by atoms with Crippen LogP contribution in [0, 0.1) is 12.7 Å². The second-order valence-electron chi connectivity index (χ2n) is 10.9. The third-order valence-electron chi connectivity index (χ3n) is 8.46. The molecule has 0 bridgehead atoms. The van der Waals surface area contributed by atoms with Crippen molar-refractivity contribution in [2.75, 3.05) is 18.6 Å². The Balaban J connectivity index is 1.44. The summed E-state index contributed by atoms with van der Waals surface area (Å²) in [6, 6.07) is 26.0. The number of hydrogen-bond acceptors (Lipinski definition) is 5. The fourth-order valence-electron chi connectivity index (χ4n) is 6.39. The van der Waals surface area contributed by atoms with Gasteiger partial charge in [-0.25, -0.2) is 4.39 Å². The molecular weight excluding hydrogens is 547 g/mol. The lowest BCUT2D eigenvalue weighted by Crippen LogP contribution is -2.53. The molecule has 3 heterocycles. The highest BCUT2D eigenvalue weighted by atomic mass is 19.1. The van der Waals surface area contributed by atoms with E-state index in [0.717, 1.165) is 11.1 Å². The number of ether oxygens (including phenoxy) is 1. The molecule has 2 amide bonds. The molecule has 2 aliphatic heterocycles. The summed E-state index contributed by atoms with van der Waals surface area (Å²) in [7, 11) is 1.59. The zero-order chi connectivity index (χ0) is 29.9. The number of fused-ring (bicyclic) bond motifs is 5. The fraction of sp³-hybridized carbons (Fsp3) is 0.171. The topological polar surface area (TPSA) is 80.1 Å². The highest BCUT2D eigenvalue weighted by Crippen LogP contribution is 2.53. The molecule has 8 heteroatoms. The number of anilines is 1. The van der Waals surface area contributed by atoms with Crippen LogP contribution in [0.1, 0.15) is 38.4 Å². The smallest absolute Gasteiger partial charge is 0.291 e. The van der Waals surface area contributed by atoms with Gasteiger partial charge in [0.05, 0.1) is 30.3 Å². The first-order valence-corrected chi connectivity index (χ1v) is 14.0. The maximum Gasteiger partial charge on any atom is 0.291 e. The lowest BCUT2D eigenvalue weighted by molar-refractivity contribution is -0.126. The number of para-hydroxylation sites is 1. The Kier molecular flexibility index (Phi) is 6.16. The molecule has 0 unspecified atom stereocenters. The number of rotatable bonds is 6. The molecule has 214 valence electrons. The summed E-state index contributed by atoms with van der Waals surface area (Å²) in [6.45, 7) is 1.91. The number of methoxy groups -OCH3 is 1. The van der Waals surface area contributed by atoms with Crippen molar-refractivity contribution in [1.29, 1.82) is 0 Å². The van der Waals surface area contributed by atoms with Gasteiger partial charge in [-0.2, -0.15) is 0 Å². The molecule has 1 aromatic heterocycles. The second-order valence-corrected chi connectivity index (χ2v) is 10.9. The van der Waals surface area contributed by atoms with Crippen LogP contribution in [-0.2, 0) is 23.3 Å². The van der Waals surface area contributed by atoms with Crippen molar-refractivity contribution in [3.05, 3.63) is 141 Å². The van der Waals surface area contributed by atoms with Crippen molar-refractivity contribution in [3.63, 3.8) is 0 Å². The average Bonchev–Trinajstić information content (AvgIpc) is 3.41. The van der Waals surface area contributed by atoms with Crippen molar-refractivity contribution >= 4 is 28.5 Å². The van der Waals surface area contributed by atoms with Crippen LogP contribution in [0.5, 0.6) is 5.75 Å². The third kappa shape index (κ3) is 3.90. The van der Waals surface area contributed by atoms with Gasteiger partial charge in [0, 0.05) is 17.7 Å². The Morgan fingerprint density at radius 1 is 0.907 bits per heavy atom. The minimum atomic E-state index is -1.78. The zero-order valence-electron chi connectivity index (χ0n) is 23.6. The summed E-state index contributed by atoms with van der Waals surface area (Å²) in [4.78, 5) is 46.4. The monoisotopic (exact) mass is 574 g/mol. The maximum absolute atomic E-state index is 14.9. The van der Waals surface area contributed by atoms with Crippen molar-refractivity contribution in [2.45, 2.75) is 25.4 Å². The number of amides is 2. The van der Waals surface area contributed by atoms with E-state index in [1.165, 1.54) is 15.9 Å². The van der Waals surface area contributed by atoms with Crippen LogP contribution in [-0.4, -0.2) is 30.4 Å². The summed E-state index contributed by atoms with van der Waals surface area (Å²) in [6.07, 6.45) is 0.404. The zero-order valence-corrected chi connectivity index (χ0v) is 23.6. The van der Waals surface area contributed by atoms with Gasteiger partial charge < -0.3 is 19.0 Å². The van der Waals surface area contributed by atoms with Crippen LogP contribution in [0.25, 0.3) is 11.0 Å². The van der Waals surface area contributed by atoms with Gasteiger partial charge in [-0.15, -0.1) is 0 Å². The van der Waals surface area contributed by atoms with E-state index in [2.05, 4.69) is 0 Å². The quantitative estimate of drug-likeness (QED) is 0.259. The van der Waals surface area contributed by atoms with Gasteiger partial charge in [0.25, 0.3) is 11.8 Å². The van der Waals surface area contributed by atoms with Crippen LogP contribution in [0.15, 0.2) is 100 Å². The minimum absolute atomic E-state index is 0.00110. The standard InChI is InChI=1S/C35H27FN2O5/c1-21-11-16-29-25(19-21)31(39)30-32(43-29)33(40)38(18-17-22-12-14-24(42-2)15-13-22)35(30)26-8-4-6-10-28(26)37(34(35)41)20-23-7-3-5-9-27(23)36/h3-16,19H,17-18,20H2,1-2H3/t35-/m1/s1. The molecule has 0 N–H and O–H groups in total. The first kappa shape index (κ1) is 26.6. The lowest BCUT2D eigenvalue weighted by Gasteiger charge is -2.34. The average molecular weight is 575 g/mol. The largest absolute Gasteiger partial charge is 0.497 e. The van der Waals surface area contributed by atoms with Crippen molar-refractivity contribution in [2.24, 2.45) is 0 Å². The molecule has 0 radical (unpaired) electrons. The molecule has 7 rings (SSSR count). The van der Waals surface area contributed by atoms with Crippen LogP contribution < -0.4 is 15.1 Å². The maximum atomic E-state index is 14.9. The molecular formula is C35H27FN2O5. The summed E-state index contributed by atoms with van der Waals surface area (Å²) < 4.78 is 26.3. The molecule has 1 atom stereocenters. The molecule has 4 aromatic carbocycles. The molecule has 0 aliphatic carbocycles. The first-order chi connectivity index (χ1) is 20.8. The molecule has 1 spiro atoms. The predicted molar refractivity (Wildman–Crippen MR) is 160 cm³/mol. The molecule has 0 fully saturated rings. The van der Waals surface area contributed by atoms with E-state index >= 15 is 0 Å². The van der Waals surface area contributed by atoms with Gasteiger partial charge in [0.1, 0.15) is 17.1 Å². The van der Waals surface area contributed by atoms with Gasteiger partial charge in [0.2, 0.25) is 5.76 Å². The Labute approximate surface area is 246 Å². The van der Waals surface area contributed by atoms with Gasteiger partial charge in [-0.05, 0) is 55.3 Å². The number of nitrogens with zero attached hydrogens (tertiary/aromatic N) is 2. The summed E-state index contributed by atoms with van der Waals surface area (Å²) in [5.41, 5.74) is 1.13. The number of hydrogen-bond donors (Lipinski definition) is 0. The van der Waals surface area contributed by atoms with E-state index in [1.54, 1.807) is 67.8 Å². The van der Waals surface area contributed by atoms with Gasteiger partial charge in [-0.3, -0.25) is 14.4 Å². The Bertz CT molecular complexity index is 2000. The van der Waals surface area contributed by atoms with Gasteiger partial charge >= 0.3 is 0 Å². The number of carbonyl (C=O) groups is 2. The van der Waals surface area contributed by atoms with E-state index in [1.807, 2.05) is 31.2 Å². The van der Waals surface area contributed by atoms with Crippen molar-refractivity contribution in [1.82, 2.24) is 4.90 Å². The van der Waals surface area contributed by atoms with E-state index in [0.29, 0.717) is 34.4 Å². The summed E-state index contributed by atoms with van der Waals surface area (Å²) in [5, 5.41) is 0.292. The fourth-order valence-corrected chi connectivity index (χ4v) is 6.39. The summed E-state index contributed by atoms with van der Waals surface area (Å²) >= 11 is 0. The highest BCUT2D eigenvalue weighted by molar-refractivity contribution is 6.17. The Morgan fingerprint density at radius 3 is 2.42 bits per heavy atom. The van der Waals surface area contributed by atoms with E-state index < -0.39 is 28.6 Å². The highest BCUT2D eigenvalue weighted by Gasteiger charge is 2.64. The van der Waals surface area contributed by atoms with Gasteiger partial charge in [-0.1, -0.05) is 60.2 Å².